The summed E-state index contributed by atoms with van der Waals surface area (Å²) in [5, 5.41) is 3.76. The van der Waals surface area contributed by atoms with Gasteiger partial charge in [-0.05, 0) is 51.9 Å². The van der Waals surface area contributed by atoms with Crippen LogP contribution in [0.5, 0.6) is 0 Å². The van der Waals surface area contributed by atoms with E-state index in [1.165, 1.54) is 19.3 Å². The molecular weight excluding hydrogens is 242 g/mol. The van der Waals surface area contributed by atoms with Gasteiger partial charge in [0.1, 0.15) is 0 Å². The molecule has 3 atom stereocenters. The number of fused-ring (bicyclic) bond motifs is 2. The first kappa shape index (κ1) is 13.4. The average Bonchev–Trinajstić information content (AvgIpc) is 3.02. The van der Waals surface area contributed by atoms with Crippen molar-refractivity contribution in [2.45, 2.75) is 76.2 Å². The molecule has 108 valence electrons. The van der Waals surface area contributed by atoms with E-state index in [0.717, 1.165) is 25.7 Å². The second-order valence-corrected chi connectivity index (χ2v) is 6.18. The summed E-state index contributed by atoms with van der Waals surface area (Å²) in [5.41, 5.74) is 0. The van der Waals surface area contributed by atoms with Crippen LogP contribution in [0, 0.1) is 5.92 Å². The maximum absolute atomic E-state index is 11.7. The van der Waals surface area contributed by atoms with Crippen LogP contribution in [-0.4, -0.2) is 36.9 Å². The Hall–Kier alpha value is -0.610. The van der Waals surface area contributed by atoms with Crippen molar-refractivity contribution in [1.82, 2.24) is 5.32 Å². The second-order valence-electron chi connectivity index (χ2n) is 6.18. The van der Waals surface area contributed by atoms with Gasteiger partial charge in [-0.1, -0.05) is 0 Å². The van der Waals surface area contributed by atoms with Crippen LogP contribution >= 0.6 is 0 Å². The topological polar surface area (TPSA) is 47.6 Å². The maximum Gasteiger partial charge on any atom is 0.308 e. The van der Waals surface area contributed by atoms with E-state index in [9.17, 15) is 4.79 Å². The molecule has 1 aliphatic carbocycles. The van der Waals surface area contributed by atoms with Gasteiger partial charge < -0.3 is 14.8 Å². The Morgan fingerprint density at radius 1 is 1.21 bits per heavy atom. The summed E-state index contributed by atoms with van der Waals surface area (Å²) < 4.78 is 11.0. The SMILES string of the molecule is CCOC(=O)C1CCC(N[C@@H]2C[C@H]3CC[C@@H]2O3)CC1. The van der Waals surface area contributed by atoms with Gasteiger partial charge in [-0.2, -0.15) is 0 Å². The van der Waals surface area contributed by atoms with E-state index in [0.29, 0.717) is 30.9 Å². The summed E-state index contributed by atoms with van der Waals surface area (Å²) in [6.07, 6.45) is 8.75. The molecule has 0 aromatic rings. The molecule has 1 N–H and O–H groups in total. The number of carbonyl (C=O) groups excluding carboxylic acids is 1. The number of hydrogen-bond donors (Lipinski definition) is 1. The molecule has 0 spiro atoms. The van der Waals surface area contributed by atoms with Crippen LogP contribution < -0.4 is 5.32 Å². The molecule has 0 aromatic heterocycles. The highest BCUT2D eigenvalue weighted by atomic mass is 16.5. The van der Waals surface area contributed by atoms with Crippen LogP contribution in [0.4, 0.5) is 0 Å². The Morgan fingerprint density at radius 2 is 2.00 bits per heavy atom. The minimum Gasteiger partial charge on any atom is -0.466 e. The minimum absolute atomic E-state index is 0.00390. The van der Waals surface area contributed by atoms with E-state index in [1.54, 1.807) is 0 Å². The average molecular weight is 267 g/mol. The van der Waals surface area contributed by atoms with Crippen LogP contribution in [0.1, 0.15) is 51.9 Å². The highest BCUT2D eigenvalue weighted by Crippen LogP contribution is 2.35. The molecule has 3 rings (SSSR count). The van der Waals surface area contributed by atoms with E-state index >= 15 is 0 Å². The number of rotatable bonds is 4. The standard InChI is InChI=1S/C15H25NO3/c1-2-18-15(17)10-3-5-11(6-4-10)16-13-9-12-7-8-14(13)19-12/h10-14,16H,2-9H2,1H3/t10?,11?,12-,13-,14+/m1/s1. The third-order valence-electron chi connectivity index (χ3n) is 4.90. The lowest BCUT2D eigenvalue weighted by Crippen LogP contribution is -2.45. The quantitative estimate of drug-likeness (QED) is 0.792. The number of hydrogen-bond acceptors (Lipinski definition) is 4. The molecule has 0 aromatic carbocycles. The van der Waals surface area contributed by atoms with Crippen molar-refractivity contribution in [3.8, 4) is 0 Å². The predicted octanol–water partition coefficient (Wildman–Crippen LogP) is 2.02. The molecule has 2 bridgehead atoms. The molecule has 1 saturated carbocycles. The molecule has 0 radical (unpaired) electrons. The van der Waals surface area contributed by atoms with Crippen molar-refractivity contribution < 1.29 is 14.3 Å². The van der Waals surface area contributed by atoms with Crippen LogP contribution in [0.15, 0.2) is 0 Å². The van der Waals surface area contributed by atoms with E-state index in [1.807, 2.05) is 6.92 Å². The van der Waals surface area contributed by atoms with E-state index in [4.69, 9.17) is 9.47 Å². The first-order valence-corrected chi connectivity index (χ1v) is 7.84. The molecule has 4 nitrogen and oxygen atoms in total. The molecule has 0 unspecified atom stereocenters. The van der Waals surface area contributed by atoms with E-state index in [2.05, 4.69) is 5.32 Å². The van der Waals surface area contributed by atoms with Crippen molar-refractivity contribution in [3.05, 3.63) is 0 Å². The first-order valence-electron chi connectivity index (χ1n) is 7.84. The minimum atomic E-state index is 0.00390. The van der Waals surface area contributed by atoms with Crippen LogP contribution in [0.3, 0.4) is 0 Å². The van der Waals surface area contributed by atoms with Gasteiger partial charge in [0.05, 0.1) is 24.7 Å². The van der Waals surface area contributed by atoms with Crippen LogP contribution in [0.25, 0.3) is 0 Å². The Balaban J connectivity index is 1.42. The molecular formula is C15H25NO3. The van der Waals surface area contributed by atoms with Crippen molar-refractivity contribution in [3.63, 3.8) is 0 Å². The van der Waals surface area contributed by atoms with Gasteiger partial charge in [-0.25, -0.2) is 0 Å². The Morgan fingerprint density at radius 3 is 2.58 bits per heavy atom. The fraction of sp³-hybridized carbons (Fsp3) is 0.933. The lowest BCUT2D eigenvalue weighted by atomic mass is 9.85. The summed E-state index contributed by atoms with van der Waals surface area (Å²) in [4.78, 5) is 11.7. The van der Waals surface area contributed by atoms with Gasteiger partial charge in [0.25, 0.3) is 0 Å². The highest BCUT2D eigenvalue weighted by molar-refractivity contribution is 5.72. The monoisotopic (exact) mass is 267 g/mol. The zero-order chi connectivity index (χ0) is 13.2. The zero-order valence-electron chi connectivity index (χ0n) is 11.8. The maximum atomic E-state index is 11.7. The number of nitrogens with one attached hydrogen (secondary N) is 1. The molecule has 4 heteroatoms. The van der Waals surface area contributed by atoms with Gasteiger partial charge in [-0.15, -0.1) is 0 Å². The molecule has 2 heterocycles. The third-order valence-corrected chi connectivity index (χ3v) is 4.90. The van der Waals surface area contributed by atoms with Gasteiger partial charge in [0, 0.05) is 12.1 Å². The van der Waals surface area contributed by atoms with Crippen molar-refractivity contribution in [2.75, 3.05) is 6.61 Å². The highest BCUT2D eigenvalue weighted by Gasteiger charge is 2.41. The number of esters is 1. The van der Waals surface area contributed by atoms with Crippen molar-refractivity contribution >= 4 is 5.97 Å². The van der Waals surface area contributed by atoms with Gasteiger partial charge in [-0.3, -0.25) is 4.79 Å². The van der Waals surface area contributed by atoms with Gasteiger partial charge >= 0.3 is 5.97 Å². The Bertz CT molecular complexity index is 325. The van der Waals surface area contributed by atoms with Gasteiger partial charge in [0.2, 0.25) is 0 Å². The smallest absolute Gasteiger partial charge is 0.308 e. The van der Waals surface area contributed by atoms with E-state index in [-0.39, 0.29) is 11.9 Å². The lowest BCUT2D eigenvalue weighted by Gasteiger charge is -2.32. The predicted molar refractivity (Wildman–Crippen MR) is 71.8 cm³/mol. The summed E-state index contributed by atoms with van der Waals surface area (Å²) in [6.45, 7) is 2.37. The normalized spacial score (nSPS) is 41.4. The summed E-state index contributed by atoms with van der Waals surface area (Å²) in [6, 6.07) is 1.13. The van der Waals surface area contributed by atoms with Crippen LogP contribution in [0.2, 0.25) is 0 Å². The Labute approximate surface area is 115 Å². The van der Waals surface area contributed by atoms with Crippen molar-refractivity contribution in [2.24, 2.45) is 5.92 Å². The zero-order valence-corrected chi connectivity index (χ0v) is 11.8. The second kappa shape index (κ2) is 5.80. The fourth-order valence-electron chi connectivity index (χ4n) is 3.87. The number of ether oxygens (including phenoxy) is 2. The van der Waals surface area contributed by atoms with Gasteiger partial charge in [0.15, 0.2) is 0 Å². The Kier molecular flexibility index (Phi) is 4.08. The van der Waals surface area contributed by atoms with Crippen LogP contribution in [-0.2, 0) is 14.3 Å². The first-order chi connectivity index (χ1) is 9.26. The molecule has 3 aliphatic rings. The largest absolute Gasteiger partial charge is 0.466 e. The molecule has 2 aliphatic heterocycles. The summed E-state index contributed by atoms with van der Waals surface area (Å²) in [7, 11) is 0. The summed E-state index contributed by atoms with van der Waals surface area (Å²) >= 11 is 0. The molecule has 3 fully saturated rings. The summed E-state index contributed by atoms with van der Waals surface area (Å²) in [5.74, 6) is 0.137. The van der Waals surface area contributed by atoms with E-state index < -0.39 is 0 Å². The number of carbonyl (C=O) groups is 1. The fourth-order valence-corrected chi connectivity index (χ4v) is 3.87. The molecule has 2 saturated heterocycles. The lowest BCUT2D eigenvalue weighted by molar-refractivity contribution is -0.149. The van der Waals surface area contributed by atoms with Crippen molar-refractivity contribution in [1.29, 1.82) is 0 Å². The molecule has 0 amide bonds. The third kappa shape index (κ3) is 2.95. The molecule has 19 heavy (non-hydrogen) atoms.